The number of H-pyrrole nitrogens is 1. The summed E-state index contributed by atoms with van der Waals surface area (Å²) in [6.45, 7) is 6.16. The number of rotatable bonds is 6. The normalized spacial score (nSPS) is 11.3. The number of aliphatic carboxylic acids is 1. The molecule has 3 N–H and O–H groups in total. The predicted molar refractivity (Wildman–Crippen MR) is 72.0 cm³/mol. The van der Waals surface area contributed by atoms with Crippen molar-refractivity contribution in [2.45, 2.75) is 51.9 Å². The van der Waals surface area contributed by atoms with Gasteiger partial charge in [0.05, 0.1) is 0 Å². The number of anilines is 1. The zero-order chi connectivity index (χ0) is 14.5. The van der Waals surface area contributed by atoms with Crippen molar-refractivity contribution in [3.8, 4) is 0 Å². The average molecular weight is 267 g/mol. The highest BCUT2D eigenvalue weighted by Crippen LogP contribution is 2.21. The van der Waals surface area contributed by atoms with Gasteiger partial charge in [-0.25, -0.2) is 0 Å². The summed E-state index contributed by atoms with van der Waals surface area (Å²) in [6.07, 6.45) is 1.49. The monoisotopic (exact) mass is 267 g/mol. The number of unbranched alkanes of at least 4 members (excludes halogenated alkanes) is 1. The summed E-state index contributed by atoms with van der Waals surface area (Å²) < 4.78 is 0. The first-order chi connectivity index (χ1) is 8.79. The number of aromatic amines is 1. The number of carboxylic acid groups (broad SMARTS) is 1. The van der Waals surface area contributed by atoms with E-state index < -0.39 is 5.97 Å². The summed E-state index contributed by atoms with van der Waals surface area (Å²) in [5.41, 5.74) is 0.908. The summed E-state index contributed by atoms with van der Waals surface area (Å²) in [5, 5.41) is 18.1. The molecule has 6 nitrogen and oxygen atoms in total. The van der Waals surface area contributed by atoms with E-state index in [2.05, 4.69) is 36.3 Å². The van der Waals surface area contributed by atoms with Gasteiger partial charge in [-0.3, -0.25) is 14.7 Å². The molecule has 106 valence electrons. The number of aromatic nitrogens is 2. The lowest BCUT2D eigenvalue weighted by Gasteiger charge is -2.14. The van der Waals surface area contributed by atoms with Crippen molar-refractivity contribution in [2.24, 2.45) is 0 Å². The number of carboxylic acids is 1. The van der Waals surface area contributed by atoms with E-state index in [9.17, 15) is 9.59 Å². The zero-order valence-corrected chi connectivity index (χ0v) is 11.6. The van der Waals surface area contributed by atoms with Gasteiger partial charge in [0, 0.05) is 30.0 Å². The third-order valence-corrected chi connectivity index (χ3v) is 2.70. The van der Waals surface area contributed by atoms with E-state index >= 15 is 0 Å². The molecule has 0 fully saturated rings. The highest BCUT2D eigenvalue weighted by Gasteiger charge is 2.17. The second kappa shape index (κ2) is 6.36. The average Bonchev–Trinajstić information content (AvgIpc) is 2.72. The van der Waals surface area contributed by atoms with Crippen molar-refractivity contribution < 1.29 is 14.7 Å². The molecule has 0 unspecified atom stereocenters. The molecule has 0 aliphatic rings. The van der Waals surface area contributed by atoms with Crippen LogP contribution in [0.2, 0.25) is 0 Å². The summed E-state index contributed by atoms with van der Waals surface area (Å²) in [4.78, 5) is 21.9. The number of carbonyl (C=O) groups excluding carboxylic acids is 1. The molecule has 0 aliphatic carbocycles. The van der Waals surface area contributed by atoms with E-state index in [0.29, 0.717) is 25.1 Å². The maximum Gasteiger partial charge on any atom is 0.303 e. The van der Waals surface area contributed by atoms with Gasteiger partial charge in [-0.15, -0.1) is 0 Å². The standard InChI is InChI=1S/C13H21N3O3/c1-13(2,3)9-8-10(16-15-9)14-11(17)6-4-5-7-12(18)19/h8H,4-7H2,1-3H3,(H,18,19)(H2,14,15,16,17). The molecule has 0 bridgehead atoms. The van der Waals surface area contributed by atoms with Crippen LogP contribution in [0.25, 0.3) is 0 Å². The third kappa shape index (κ3) is 5.54. The van der Waals surface area contributed by atoms with Crippen molar-refractivity contribution in [1.82, 2.24) is 10.2 Å². The van der Waals surface area contributed by atoms with E-state index in [1.807, 2.05) is 6.07 Å². The summed E-state index contributed by atoms with van der Waals surface area (Å²) in [6, 6.07) is 1.81. The van der Waals surface area contributed by atoms with Crippen molar-refractivity contribution in [3.05, 3.63) is 11.8 Å². The molecule has 1 heterocycles. The van der Waals surface area contributed by atoms with E-state index in [1.165, 1.54) is 0 Å². The maximum absolute atomic E-state index is 11.6. The first-order valence-corrected chi connectivity index (χ1v) is 6.36. The SMILES string of the molecule is CC(C)(C)c1cc(NC(=O)CCCCC(=O)O)n[nH]1. The lowest BCUT2D eigenvalue weighted by molar-refractivity contribution is -0.137. The number of nitrogens with zero attached hydrogens (tertiary/aromatic N) is 1. The molecule has 0 saturated carbocycles. The number of carbonyl (C=O) groups is 2. The number of hydrogen-bond donors (Lipinski definition) is 3. The minimum absolute atomic E-state index is 0.0442. The number of hydrogen-bond acceptors (Lipinski definition) is 3. The maximum atomic E-state index is 11.6. The highest BCUT2D eigenvalue weighted by molar-refractivity contribution is 5.89. The number of nitrogens with one attached hydrogen (secondary N) is 2. The summed E-state index contributed by atoms with van der Waals surface area (Å²) >= 11 is 0. The smallest absolute Gasteiger partial charge is 0.303 e. The van der Waals surface area contributed by atoms with Gasteiger partial charge in [0.2, 0.25) is 5.91 Å². The Bertz CT molecular complexity index is 446. The first kappa shape index (κ1) is 15.2. The molecule has 0 saturated heterocycles. The van der Waals surface area contributed by atoms with Crippen molar-refractivity contribution in [1.29, 1.82) is 0 Å². The van der Waals surface area contributed by atoms with Crippen LogP contribution in [-0.4, -0.2) is 27.2 Å². The van der Waals surface area contributed by atoms with Gasteiger partial charge in [-0.2, -0.15) is 5.10 Å². The second-order valence-corrected chi connectivity index (χ2v) is 5.57. The van der Waals surface area contributed by atoms with Crippen LogP contribution >= 0.6 is 0 Å². The van der Waals surface area contributed by atoms with Gasteiger partial charge in [-0.05, 0) is 12.8 Å². The van der Waals surface area contributed by atoms with Gasteiger partial charge < -0.3 is 10.4 Å². The minimum atomic E-state index is -0.831. The Labute approximate surface area is 112 Å². The van der Waals surface area contributed by atoms with Gasteiger partial charge in [-0.1, -0.05) is 20.8 Å². The fourth-order valence-corrected chi connectivity index (χ4v) is 1.54. The Morgan fingerprint density at radius 2 is 1.95 bits per heavy atom. The van der Waals surface area contributed by atoms with Gasteiger partial charge >= 0.3 is 5.97 Å². The fraction of sp³-hybridized carbons (Fsp3) is 0.615. The highest BCUT2D eigenvalue weighted by atomic mass is 16.4. The largest absolute Gasteiger partial charge is 0.481 e. The zero-order valence-electron chi connectivity index (χ0n) is 11.6. The Morgan fingerprint density at radius 1 is 1.32 bits per heavy atom. The topological polar surface area (TPSA) is 95.1 Å². The molecule has 0 radical (unpaired) electrons. The number of amides is 1. The lowest BCUT2D eigenvalue weighted by atomic mass is 9.92. The summed E-state index contributed by atoms with van der Waals surface area (Å²) in [7, 11) is 0. The molecule has 1 rings (SSSR count). The minimum Gasteiger partial charge on any atom is -0.481 e. The quantitative estimate of drug-likeness (QED) is 0.689. The van der Waals surface area contributed by atoms with Crippen molar-refractivity contribution in [3.63, 3.8) is 0 Å². The molecule has 1 aromatic rings. The van der Waals surface area contributed by atoms with Crippen molar-refractivity contribution in [2.75, 3.05) is 5.32 Å². The van der Waals surface area contributed by atoms with E-state index in [1.54, 1.807) is 0 Å². The summed E-state index contributed by atoms with van der Waals surface area (Å²) in [5.74, 6) is -0.465. The van der Waals surface area contributed by atoms with E-state index in [0.717, 1.165) is 5.69 Å². The molecule has 1 aromatic heterocycles. The Kier molecular flexibility index (Phi) is 5.09. The van der Waals surface area contributed by atoms with Crippen LogP contribution in [0.4, 0.5) is 5.82 Å². The fourth-order valence-electron chi connectivity index (χ4n) is 1.54. The van der Waals surface area contributed by atoms with Crippen LogP contribution in [0.15, 0.2) is 6.07 Å². The Hall–Kier alpha value is -1.85. The lowest BCUT2D eigenvalue weighted by Crippen LogP contribution is -2.12. The molecule has 0 spiro atoms. The van der Waals surface area contributed by atoms with Crippen molar-refractivity contribution >= 4 is 17.7 Å². The first-order valence-electron chi connectivity index (χ1n) is 6.36. The predicted octanol–water partition coefficient (Wildman–Crippen LogP) is 2.29. The Morgan fingerprint density at radius 3 is 2.47 bits per heavy atom. The molecule has 19 heavy (non-hydrogen) atoms. The van der Waals surface area contributed by atoms with Crippen LogP contribution in [-0.2, 0) is 15.0 Å². The van der Waals surface area contributed by atoms with Gasteiger partial charge in [0.1, 0.15) is 0 Å². The second-order valence-electron chi connectivity index (χ2n) is 5.57. The molecule has 0 aliphatic heterocycles. The molecule has 0 atom stereocenters. The van der Waals surface area contributed by atoms with Gasteiger partial charge in [0.25, 0.3) is 0 Å². The van der Waals surface area contributed by atoms with Crippen LogP contribution in [0.5, 0.6) is 0 Å². The van der Waals surface area contributed by atoms with E-state index in [-0.39, 0.29) is 17.7 Å². The van der Waals surface area contributed by atoms with Gasteiger partial charge in [0.15, 0.2) is 5.82 Å². The molecule has 1 amide bonds. The molecular formula is C13H21N3O3. The van der Waals surface area contributed by atoms with Crippen LogP contribution in [0.3, 0.4) is 0 Å². The van der Waals surface area contributed by atoms with Crippen LogP contribution in [0.1, 0.15) is 52.1 Å². The van der Waals surface area contributed by atoms with Crippen LogP contribution in [0, 0.1) is 0 Å². The molecule has 0 aromatic carbocycles. The molecule has 6 heteroatoms. The Balaban J connectivity index is 2.36. The molecular weight excluding hydrogens is 246 g/mol. The van der Waals surface area contributed by atoms with Crippen LogP contribution < -0.4 is 5.32 Å². The third-order valence-electron chi connectivity index (χ3n) is 2.70. The van der Waals surface area contributed by atoms with E-state index in [4.69, 9.17) is 5.11 Å².